The molecule has 10 N–H and O–H groups in total. The van der Waals surface area contributed by atoms with Crippen LogP contribution in [0.25, 0.3) is 22.5 Å². The van der Waals surface area contributed by atoms with Crippen molar-refractivity contribution in [1.82, 2.24) is 31.3 Å². The van der Waals surface area contributed by atoms with Crippen LogP contribution in [0.2, 0.25) is 0 Å². The van der Waals surface area contributed by atoms with Gasteiger partial charge in [-0.05, 0) is 84.8 Å². The maximum atomic E-state index is 13.7. The molecule has 0 unspecified atom stereocenters. The zero-order valence-corrected chi connectivity index (χ0v) is 29.8. The number of benzene rings is 3. The first kappa shape index (κ1) is 40.1. The molecule has 4 aromatic rings. The average Bonchev–Trinajstić information content (AvgIpc) is 3.71. The van der Waals surface area contributed by atoms with Gasteiger partial charge in [-0.1, -0.05) is 42.5 Å². The first-order valence-corrected chi connectivity index (χ1v) is 17.0. The van der Waals surface area contributed by atoms with Crippen LogP contribution in [-0.2, 0) is 30.4 Å². The van der Waals surface area contributed by atoms with Gasteiger partial charge in [-0.15, -0.1) is 22.6 Å². The fourth-order valence-electron chi connectivity index (χ4n) is 6.19. The summed E-state index contributed by atoms with van der Waals surface area (Å²) in [7, 11) is 0. The van der Waals surface area contributed by atoms with Crippen molar-refractivity contribution in [2.45, 2.75) is 38.1 Å². The SMILES string of the molecule is Cl.NCC(=O)NCC(=O)N(CC(N)=O)c1ccccc1-c1ccc(C[C@H](NC(=O)C2CCC(CN)CC2)C(=O)Nc2ccc(-c3nn[nH]n3)cc2)cc1. The number of hydrogen-bond acceptors (Lipinski definition) is 10. The fourth-order valence-corrected chi connectivity index (χ4v) is 6.19. The molecule has 0 radical (unpaired) electrons. The molecular formula is C36H44ClN11O5. The molecule has 5 rings (SSSR count). The average molecular weight is 746 g/mol. The van der Waals surface area contributed by atoms with Crippen LogP contribution in [-0.4, -0.2) is 82.4 Å². The molecule has 16 nitrogen and oxygen atoms in total. The molecule has 0 aliphatic heterocycles. The van der Waals surface area contributed by atoms with E-state index in [2.05, 4.69) is 36.6 Å². The number of nitrogens with one attached hydrogen (secondary N) is 4. The molecule has 1 aliphatic rings. The van der Waals surface area contributed by atoms with Crippen molar-refractivity contribution in [3.8, 4) is 22.5 Å². The molecule has 17 heteroatoms. The Bertz CT molecular complexity index is 1850. The van der Waals surface area contributed by atoms with Gasteiger partial charge in [0.1, 0.15) is 12.6 Å². The van der Waals surface area contributed by atoms with E-state index in [4.69, 9.17) is 17.2 Å². The topological polar surface area (TPSA) is 257 Å². The Balaban J connectivity index is 0.00000627. The Morgan fingerprint density at radius 1 is 0.887 bits per heavy atom. The van der Waals surface area contributed by atoms with Crippen LogP contribution in [0.15, 0.2) is 72.8 Å². The largest absolute Gasteiger partial charge is 0.368 e. The Labute approximate surface area is 312 Å². The van der Waals surface area contributed by atoms with Gasteiger partial charge in [0.05, 0.1) is 18.8 Å². The Kier molecular flexibility index (Phi) is 14.5. The molecule has 0 spiro atoms. The van der Waals surface area contributed by atoms with Crippen LogP contribution in [0.5, 0.6) is 0 Å². The maximum Gasteiger partial charge on any atom is 0.247 e. The maximum absolute atomic E-state index is 13.7. The third-order valence-electron chi connectivity index (χ3n) is 9.08. The number of tetrazole rings is 1. The number of carbonyl (C=O) groups is 5. The number of nitrogens with two attached hydrogens (primary N) is 3. The van der Waals surface area contributed by atoms with E-state index in [1.54, 1.807) is 48.5 Å². The number of rotatable bonds is 15. The van der Waals surface area contributed by atoms with Crippen molar-refractivity contribution in [2.75, 3.05) is 36.4 Å². The molecule has 53 heavy (non-hydrogen) atoms. The molecule has 1 heterocycles. The van der Waals surface area contributed by atoms with E-state index in [0.29, 0.717) is 53.6 Å². The second kappa shape index (κ2) is 19.2. The third-order valence-corrected chi connectivity index (χ3v) is 9.08. The number of anilines is 2. The molecule has 0 saturated heterocycles. The number of primary amides is 1. The number of hydrogen-bond donors (Lipinski definition) is 7. The van der Waals surface area contributed by atoms with Crippen LogP contribution in [0.1, 0.15) is 31.2 Å². The lowest BCUT2D eigenvalue weighted by Crippen LogP contribution is -2.48. The summed E-state index contributed by atoms with van der Waals surface area (Å²) in [4.78, 5) is 65.2. The van der Waals surface area contributed by atoms with Gasteiger partial charge >= 0.3 is 0 Å². The number of nitrogens with zero attached hydrogens (tertiary/aromatic N) is 4. The van der Waals surface area contributed by atoms with Gasteiger partial charge in [0.2, 0.25) is 35.4 Å². The molecule has 5 amide bonds. The molecule has 1 fully saturated rings. The second-order valence-corrected chi connectivity index (χ2v) is 12.7. The first-order valence-electron chi connectivity index (χ1n) is 17.0. The van der Waals surface area contributed by atoms with Crippen molar-refractivity contribution >= 4 is 53.3 Å². The number of halogens is 1. The number of amides is 5. The number of aromatic amines is 1. The quantitative estimate of drug-likeness (QED) is 0.0917. The van der Waals surface area contributed by atoms with Crippen LogP contribution in [0, 0.1) is 11.8 Å². The lowest BCUT2D eigenvalue weighted by Gasteiger charge is -2.28. The zero-order valence-electron chi connectivity index (χ0n) is 29.0. The second-order valence-electron chi connectivity index (χ2n) is 12.7. The highest BCUT2D eigenvalue weighted by Gasteiger charge is 2.30. The fraction of sp³-hybridized carbons (Fsp3) is 0.333. The van der Waals surface area contributed by atoms with E-state index >= 15 is 0 Å². The summed E-state index contributed by atoms with van der Waals surface area (Å²) >= 11 is 0. The molecular weight excluding hydrogens is 702 g/mol. The molecule has 1 aliphatic carbocycles. The minimum atomic E-state index is -0.887. The number of carbonyl (C=O) groups excluding carboxylic acids is 5. The van der Waals surface area contributed by atoms with E-state index in [-0.39, 0.29) is 49.6 Å². The smallest absolute Gasteiger partial charge is 0.247 e. The normalized spacial score (nSPS) is 15.7. The molecule has 1 atom stereocenters. The van der Waals surface area contributed by atoms with Gasteiger partial charge in [-0.25, -0.2) is 0 Å². The van der Waals surface area contributed by atoms with Crippen molar-refractivity contribution in [2.24, 2.45) is 29.0 Å². The molecule has 0 bridgehead atoms. The highest BCUT2D eigenvalue weighted by atomic mass is 35.5. The third kappa shape index (κ3) is 10.9. The zero-order chi connectivity index (χ0) is 37.0. The van der Waals surface area contributed by atoms with Crippen molar-refractivity contribution in [1.29, 1.82) is 0 Å². The summed E-state index contributed by atoms with van der Waals surface area (Å²) in [6.45, 7) is -0.471. The van der Waals surface area contributed by atoms with E-state index in [1.807, 2.05) is 24.3 Å². The summed E-state index contributed by atoms with van der Waals surface area (Å²) in [5, 5.41) is 22.3. The van der Waals surface area contributed by atoms with Gasteiger partial charge < -0.3 is 38.1 Å². The van der Waals surface area contributed by atoms with Crippen LogP contribution < -0.4 is 38.1 Å². The van der Waals surface area contributed by atoms with Crippen molar-refractivity contribution in [3.05, 3.63) is 78.4 Å². The number of H-pyrrole nitrogens is 1. The summed E-state index contributed by atoms with van der Waals surface area (Å²) in [5.74, 6) is -1.73. The monoisotopic (exact) mass is 745 g/mol. The lowest BCUT2D eigenvalue weighted by atomic mass is 9.81. The molecule has 3 aromatic carbocycles. The Hall–Kier alpha value is -5.71. The van der Waals surface area contributed by atoms with E-state index in [0.717, 1.165) is 24.0 Å². The molecule has 1 aromatic heterocycles. The summed E-state index contributed by atoms with van der Waals surface area (Å²) in [6.07, 6.45) is 3.36. The van der Waals surface area contributed by atoms with Crippen LogP contribution >= 0.6 is 12.4 Å². The van der Waals surface area contributed by atoms with E-state index < -0.39 is 30.3 Å². The van der Waals surface area contributed by atoms with Crippen molar-refractivity contribution in [3.63, 3.8) is 0 Å². The highest BCUT2D eigenvalue weighted by molar-refractivity contribution is 6.03. The van der Waals surface area contributed by atoms with Crippen molar-refractivity contribution < 1.29 is 24.0 Å². The minimum Gasteiger partial charge on any atom is -0.368 e. The molecule has 1 saturated carbocycles. The van der Waals surface area contributed by atoms with Gasteiger partial charge in [0, 0.05) is 29.2 Å². The van der Waals surface area contributed by atoms with Gasteiger partial charge in [0.25, 0.3) is 0 Å². The number of para-hydroxylation sites is 1. The summed E-state index contributed by atoms with van der Waals surface area (Å²) in [5.41, 5.74) is 20.5. The molecule has 280 valence electrons. The van der Waals surface area contributed by atoms with E-state index in [9.17, 15) is 24.0 Å². The predicted molar refractivity (Wildman–Crippen MR) is 201 cm³/mol. The predicted octanol–water partition coefficient (Wildman–Crippen LogP) is 1.28. The van der Waals surface area contributed by atoms with Crippen LogP contribution in [0.3, 0.4) is 0 Å². The standard InChI is InChI=1S/C36H43N11O5.ClH/c37-18-23-7-11-26(12-8-23)35(51)42-29(36(52)41-27-15-13-25(14-16-27)34-43-45-46-44-34)17-22-5-9-24(10-6-22)28-3-1-2-4-30(28)47(21-31(39)48)33(50)20-40-32(49)19-38;/h1-6,9-10,13-16,23,26,29H,7-8,11-12,17-21,37-38H2,(H2,39,48)(H,40,49)(H,41,52)(H,42,51)(H,43,44,45,46);1H/t23?,26?,29-;/m0./s1. The summed E-state index contributed by atoms with van der Waals surface area (Å²) in [6, 6.07) is 20.4. The lowest BCUT2D eigenvalue weighted by molar-refractivity contribution is -0.130. The number of aromatic nitrogens is 4. The van der Waals surface area contributed by atoms with Crippen LogP contribution in [0.4, 0.5) is 11.4 Å². The van der Waals surface area contributed by atoms with Gasteiger partial charge in [-0.3, -0.25) is 24.0 Å². The Morgan fingerprint density at radius 3 is 2.19 bits per heavy atom. The highest BCUT2D eigenvalue weighted by Crippen LogP contribution is 2.32. The van der Waals surface area contributed by atoms with E-state index in [1.165, 1.54) is 4.90 Å². The summed E-state index contributed by atoms with van der Waals surface area (Å²) < 4.78 is 0. The Morgan fingerprint density at radius 2 is 1.57 bits per heavy atom. The first-order chi connectivity index (χ1) is 25.1. The minimum absolute atomic E-state index is 0. The van der Waals surface area contributed by atoms with Gasteiger partial charge in [0.15, 0.2) is 0 Å². The van der Waals surface area contributed by atoms with Gasteiger partial charge in [-0.2, -0.15) is 5.21 Å².